The van der Waals surface area contributed by atoms with Crippen molar-refractivity contribution in [2.24, 2.45) is 0 Å². The van der Waals surface area contributed by atoms with Crippen LogP contribution in [0.2, 0.25) is 0 Å². The van der Waals surface area contributed by atoms with Crippen LogP contribution >= 0.6 is 0 Å². The first kappa shape index (κ1) is 21.0. The van der Waals surface area contributed by atoms with Crippen molar-refractivity contribution in [2.45, 2.75) is 0 Å². The molecule has 0 aliphatic rings. The molecule has 0 saturated carbocycles. The van der Waals surface area contributed by atoms with Crippen LogP contribution in [0.1, 0.15) is 0 Å². The Morgan fingerprint density at radius 1 is 0.448 bits per heavy atom. The molecule has 1 aromatic heterocycles. The van der Waals surface area contributed by atoms with E-state index in [0.717, 1.165) is 0 Å². The minimum atomic E-state index is -6.00. The summed E-state index contributed by atoms with van der Waals surface area (Å²) in [6.07, 6.45) is 0. The van der Waals surface area contributed by atoms with Crippen molar-refractivity contribution >= 4 is 21.8 Å². The monoisotopic (exact) mass is 460 g/mol. The maximum absolute atomic E-state index is 9.75. The first-order valence-electron chi connectivity index (χ1n) is 8.92. The summed E-state index contributed by atoms with van der Waals surface area (Å²) in [5.74, 6) is 0. The van der Waals surface area contributed by atoms with Gasteiger partial charge in [0.2, 0.25) is 0 Å². The van der Waals surface area contributed by atoms with Crippen molar-refractivity contribution in [2.75, 3.05) is 0 Å². The number of benzene rings is 3. The summed E-state index contributed by atoms with van der Waals surface area (Å²) in [5, 5.41) is 0. The minimum absolute atomic E-state index is 0.307. The molecule has 0 N–H and O–H groups in total. The third-order valence-corrected chi connectivity index (χ3v) is 6.42. The van der Waals surface area contributed by atoms with Crippen LogP contribution in [0.4, 0.5) is 17.3 Å². The Bertz CT molecular complexity index is 891. The fourth-order valence-electron chi connectivity index (χ4n) is 2.79. The fourth-order valence-corrected chi connectivity index (χ4v) is 5.13. The van der Waals surface area contributed by atoms with E-state index >= 15 is 0 Å². The van der Waals surface area contributed by atoms with Gasteiger partial charge in [0.25, 0.3) is 0 Å². The Labute approximate surface area is 173 Å². The predicted molar refractivity (Wildman–Crippen MR) is 114 cm³/mol. The number of rotatable bonds is 3. The van der Waals surface area contributed by atoms with Gasteiger partial charge in [0.15, 0.2) is 0 Å². The van der Waals surface area contributed by atoms with Crippen LogP contribution < -0.4 is 0 Å². The summed E-state index contributed by atoms with van der Waals surface area (Å²) >= 11 is 0.307. The second kappa shape index (κ2) is 9.68. The molecule has 4 aromatic rings. The van der Waals surface area contributed by atoms with Crippen LogP contribution in [0.25, 0.3) is 31.1 Å². The molecule has 0 radical (unpaired) electrons. The van der Waals surface area contributed by atoms with E-state index in [-0.39, 0.29) is 0 Å². The molecule has 0 bridgehead atoms. The van der Waals surface area contributed by atoms with Crippen molar-refractivity contribution in [1.29, 1.82) is 0 Å². The van der Waals surface area contributed by atoms with E-state index in [4.69, 9.17) is 0 Å². The van der Waals surface area contributed by atoms with E-state index < -0.39 is 7.25 Å². The summed E-state index contributed by atoms with van der Waals surface area (Å²) < 4.78 is 41.9. The van der Waals surface area contributed by atoms with Gasteiger partial charge in [-0.2, -0.15) is 0 Å². The molecule has 6 heteroatoms. The molecule has 0 aliphatic heterocycles. The van der Waals surface area contributed by atoms with Gasteiger partial charge in [-0.05, 0) is 0 Å². The predicted octanol–water partition coefficient (Wildman–Crippen LogP) is 7.33. The van der Waals surface area contributed by atoms with Gasteiger partial charge < -0.3 is 17.3 Å². The molecule has 0 atom stereocenters. The quantitative estimate of drug-likeness (QED) is 0.223. The zero-order valence-corrected chi connectivity index (χ0v) is 17.0. The molecular formula is C23H17BF4Se. The van der Waals surface area contributed by atoms with Crippen molar-refractivity contribution in [1.82, 2.24) is 0 Å². The summed E-state index contributed by atoms with van der Waals surface area (Å²) in [6.45, 7) is 0. The molecule has 146 valence electrons. The summed E-state index contributed by atoms with van der Waals surface area (Å²) in [7, 11) is -6.00. The zero-order chi connectivity index (χ0) is 20.7. The standard InChI is InChI=1S/C23H17Se.BF4/c1-4-10-18(11-5-1)21-16-22(19-12-6-2-7-13-19)24-23(17-21)20-14-8-3-9-15-20;2-1(3,4)5/h1-17H;/q+1;-1. The number of hydrogen-bond acceptors (Lipinski definition) is 0. The Morgan fingerprint density at radius 2 is 0.759 bits per heavy atom. The Morgan fingerprint density at radius 3 is 1.10 bits per heavy atom. The van der Waals surface area contributed by atoms with Gasteiger partial charge in [-0.1, -0.05) is 0 Å². The molecule has 0 nitrogen and oxygen atoms in total. The molecule has 0 saturated heterocycles. The van der Waals surface area contributed by atoms with Crippen LogP contribution in [-0.2, 0) is 0 Å². The normalized spacial score (nSPS) is 10.8. The van der Waals surface area contributed by atoms with Gasteiger partial charge in [0.05, 0.1) is 0 Å². The number of hydrogen-bond donors (Lipinski definition) is 0. The molecule has 3 aromatic carbocycles. The van der Waals surface area contributed by atoms with E-state index in [2.05, 4.69) is 103 Å². The average molecular weight is 459 g/mol. The van der Waals surface area contributed by atoms with Crippen LogP contribution in [-0.4, -0.2) is 21.8 Å². The molecule has 1 heterocycles. The van der Waals surface area contributed by atoms with Crippen molar-refractivity contribution in [3.63, 3.8) is 0 Å². The Balaban J connectivity index is 0.000000431. The Hall–Kier alpha value is -2.69. The van der Waals surface area contributed by atoms with Crippen LogP contribution in [0.5, 0.6) is 0 Å². The van der Waals surface area contributed by atoms with Gasteiger partial charge >= 0.3 is 156 Å². The van der Waals surface area contributed by atoms with Gasteiger partial charge in [0, 0.05) is 0 Å². The average Bonchev–Trinajstić information content (AvgIpc) is 2.74. The molecule has 4 rings (SSSR count). The topological polar surface area (TPSA) is 0 Å². The fraction of sp³-hybridized carbons (Fsp3) is 0. The molecular weight excluding hydrogens is 442 g/mol. The summed E-state index contributed by atoms with van der Waals surface area (Å²) in [5.41, 5.74) is 5.22. The maximum atomic E-state index is 9.75. The second-order valence-electron chi connectivity index (χ2n) is 6.17. The third-order valence-electron chi connectivity index (χ3n) is 4.02. The molecule has 0 spiro atoms. The van der Waals surface area contributed by atoms with E-state index in [1.165, 1.54) is 31.1 Å². The molecule has 29 heavy (non-hydrogen) atoms. The van der Waals surface area contributed by atoms with Gasteiger partial charge in [-0.3, -0.25) is 0 Å². The molecule has 0 unspecified atom stereocenters. The summed E-state index contributed by atoms with van der Waals surface area (Å²) in [6, 6.07) is 36.9. The molecule has 0 fully saturated rings. The van der Waals surface area contributed by atoms with Gasteiger partial charge in [-0.15, -0.1) is 0 Å². The van der Waals surface area contributed by atoms with Crippen LogP contribution in [0, 0.1) is 0 Å². The van der Waals surface area contributed by atoms with E-state index in [1.807, 2.05) is 0 Å². The van der Waals surface area contributed by atoms with Crippen LogP contribution in [0.3, 0.4) is 0 Å². The first-order chi connectivity index (χ1) is 13.9. The van der Waals surface area contributed by atoms with Crippen molar-refractivity contribution < 1.29 is 17.3 Å². The van der Waals surface area contributed by atoms with E-state index in [1.54, 1.807) is 0 Å². The van der Waals surface area contributed by atoms with Crippen LogP contribution in [0.15, 0.2) is 103 Å². The summed E-state index contributed by atoms with van der Waals surface area (Å²) in [4.78, 5) is 0. The second-order valence-corrected chi connectivity index (χ2v) is 8.44. The number of halogens is 4. The van der Waals surface area contributed by atoms with Crippen molar-refractivity contribution in [3.05, 3.63) is 103 Å². The zero-order valence-electron chi connectivity index (χ0n) is 15.3. The third kappa shape index (κ3) is 6.70. The van der Waals surface area contributed by atoms with Gasteiger partial charge in [-0.25, -0.2) is 0 Å². The molecule has 0 amide bonds. The molecule has 0 aliphatic carbocycles. The first-order valence-corrected chi connectivity index (χ1v) is 10.6. The van der Waals surface area contributed by atoms with E-state index in [0.29, 0.717) is 14.5 Å². The Kier molecular flexibility index (Phi) is 7.02. The van der Waals surface area contributed by atoms with Gasteiger partial charge in [0.1, 0.15) is 0 Å². The van der Waals surface area contributed by atoms with Crippen molar-refractivity contribution in [3.8, 4) is 31.1 Å². The van der Waals surface area contributed by atoms with E-state index in [9.17, 15) is 17.3 Å². The SMILES string of the molecule is F[B-](F)(F)F.c1ccc(-c2cc(-c3ccccc3)[se+]c(-c3ccccc3)c2)cc1.